The first-order valence-electron chi connectivity index (χ1n) is 11.9. The fourth-order valence-corrected chi connectivity index (χ4v) is 7.22. The number of fused-ring (bicyclic) bond motifs is 1. The van der Waals surface area contributed by atoms with Gasteiger partial charge >= 0.3 is 0 Å². The molecule has 33 heavy (non-hydrogen) atoms. The van der Waals surface area contributed by atoms with Crippen LogP contribution in [0.5, 0.6) is 0 Å². The zero-order valence-electron chi connectivity index (χ0n) is 19.6. The van der Waals surface area contributed by atoms with E-state index in [1.54, 1.807) is 0 Å². The summed E-state index contributed by atoms with van der Waals surface area (Å²) >= 11 is 0. The first-order chi connectivity index (χ1) is 16.2. The molecule has 0 fully saturated rings. The summed E-state index contributed by atoms with van der Waals surface area (Å²) in [5.74, 6) is 1.27. The van der Waals surface area contributed by atoms with Gasteiger partial charge in [0.2, 0.25) is 5.90 Å². The van der Waals surface area contributed by atoms with Crippen molar-refractivity contribution in [1.82, 2.24) is 4.57 Å². The summed E-state index contributed by atoms with van der Waals surface area (Å²) in [6, 6.07) is 30.8. The Bertz CT molecular complexity index is 1220. The van der Waals surface area contributed by atoms with Crippen molar-refractivity contribution in [3.8, 4) is 0 Å². The number of rotatable bonds is 7. The average molecular weight is 455 g/mol. The Labute approximate surface area is 197 Å². The number of aromatic nitrogens is 1. The van der Waals surface area contributed by atoms with Gasteiger partial charge in [0.15, 0.2) is 0 Å². The number of benzene rings is 3. The van der Waals surface area contributed by atoms with Crippen LogP contribution in [0.15, 0.2) is 89.9 Å². The predicted octanol–water partition coefficient (Wildman–Crippen LogP) is 5.61. The van der Waals surface area contributed by atoms with E-state index in [4.69, 9.17) is 9.73 Å². The molecule has 1 atom stereocenters. The minimum atomic E-state index is -0.790. The number of para-hydroxylation sites is 1. The van der Waals surface area contributed by atoms with E-state index in [9.17, 15) is 0 Å². The predicted molar refractivity (Wildman–Crippen MR) is 142 cm³/mol. The van der Waals surface area contributed by atoms with E-state index < -0.39 is 7.92 Å². The summed E-state index contributed by atoms with van der Waals surface area (Å²) in [7, 11) is -0.790. The molecule has 2 heterocycles. The second-order valence-corrected chi connectivity index (χ2v) is 11.1. The highest BCUT2D eigenvalue weighted by Gasteiger charge is 2.33. The Kier molecular flexibility index (Phi) is 6.33. The minimum absolute atomic E-state index is 0.209. The molecule has 0 unspecified atom stereocenters. The lowest BCUT2D eigenvalue weighted by Crippen LogP contribution is -2.30. The summed E-state index contributed by atoms with van der Waals surface area (Å²) in [5, 5.41) is 3.93. The van der Waals surface area contributed by atoms with Crippen molar-refractivity contribution in [2.45, 2.75) is 39.8 Å². The van der Waals surface area contributed by atoms with Crippen molar-refractivity contribution in [3.63, 3.8) is 0 Å². The molecule has 0 aliphatic carbocycles. The first kappa shape index (κ1) is 21.9. The smallest absolute Gasteiger partial charge is 0.219 e. The largest absolute Gasteiger partial charge is 0.475 e. The Morgan fingerprint density at radius 1 is 0.909 bits per heavy atom. The molecular formula is C29H31N2OP. The van der Waals surface area contributed by atoms with E-state index in [1.165, 1.54) is 32.5 Å². The van der Waals surface area contributed by atoms with Gasteiger partial charge in [0.05, 0.1) is 17.0 Å². The summed E-state index contributed by atoms with van der Waals surface area (Å²) < 4.78 is 8.85. The van der Waals surface area contributed by atoms with Gasteiger partial charge in [-0.05, 0) is 29.0 Å². The normalized spacial score (nSPS) is 15.9. The van der Waals surface area contributed by atoms with Gasteiger partial charge < -0.3 is 9.30 Å². The van der Waals surface area contributed by atoms with Crippen LogP contribution < -0.4 is 16.0 Å². The molecule has 1 aliphatic rings. The van der Waals surface area contributed by atoms with Crippen LogP contribution in [0, 0.1) is 5.92 Å². The number of hydrogen-bond acceptors (Lipinski definition) is 2. The van der Waals surface area contributed by atoms with Gasteiger partial charge in [0, 0.05) is 25.4 Å². The van der Waals surface area contributed by atoms with E-state index in [-0.39, 0.29) is 6.04 Å². The highest BCUT2D eigenvalue weighted by Crippen LogP contribution is 2.39. The molecule has 0 radical (unpaired) electrons. The number of ether oxygens (including phenoxy) is 1. The van der Waals surface area contributed by atoms with Crippen LogP contribution in [0.4, 0.5) is 0 Å². The van der Waals surface area contributed by atoms with Crippen LogP contribution in [0.3, 0.4) is 0 Å². The van der Waals surface area contributed by atoms with Crippen molar-refractivity contribution < 1.29 is 4.74 Å². The second kappa shape index (κ2) is 9.53. The molecule has 3 aromatic carbocycles. The fourth-order valence-electron chi connectivity index (χ4n) is 4.60. The molecular weight excluding hydrogens is 423 g/mol. The van der Waals surface area contributed by atoms with E-state index in [0.29, 0.717) is 12.5 Å². The van der Waals surface area contributed by atoms with Gasteiger partial charge in [-0.25, -0.2) is 4.99 Å². The van der Waals surface area contributed by atoms with Gasteiger partial charge in [-0.3, -0.25) is 0 Å². The van der Waals surface area contributed by atoms with E-state index in [1.807, 2.05) is 0 Å². The molecule has 0 N–H and O–H groups in total. The highest BCUT2D eigenvalue weighted by molar-refractivity contribution is 7.79. The third kappa shape index (κ3) is 4.11. The van der Waals surface area contributed by atoms with E-state index >= 15 is 0 Å². The third-order valence-electron chi connectivity index (χ3n) is 6.29. The number of hydrogen-bond donors (Lipinski definition) is 0. The molecule has 4 aromatic rings. The summed E-state index contributed by atoms with van der Waals surface area (Å²) in [6.07, 6.45) is 1.07. The summed E-state index contributed by atoms with van der Waals surface area (Å²) in [6.45, 7) is 8.33. The minimum Gasteiger partial charge on any atom is -0.475 e. The number of aliphatic imine (C=N–C) groups is 1. The lowest BCUT2D eigenvalue weighted by atomic mass is 10.1. The summed E-state index contributed by atoms with van der Waals surface area (Å²) in [4.78, 5) is 5.10. The quantitative estimate of drug-likeness (QED) is 0.333. The maximum absolute atomic E-state index is 6.32. The maximum Gasteiger partial charge on any atom is 0.219 e. The van der Waals surface area contributed by atoms with Crippen LogP contribution >= 0.6 is 7.92 Å². The van der Waals surface area contributed by atoms with Crippen LogP contribution in [-0.2, 0) is 11.3 Å². The molecule has 1 aromatic heterocycles. The molecule has 1 aliphatic heterocycles. The topological polar surface area (TPSA) is 26.5 Å². The van der Waals surface area contributed by atoms with Crippen LogP contribution in [-0.4, -0.2) is 23.1 Å². The van der Waals surface area contributed by atoms with Crippen LogP contribution in [0.1, 0.15) is 32.8 Å². The maximum atomic E-state index is 6.32. The monoisotopic (exact) mass is 454 g/mol. The molecule has 3 nitrogen and oxygen atoms in total. The Balaban J connectivity index is 1.84. The zero-order valence-corrected chi connectivity index (χ0v) is 20.5. The van der Waals surface area contributed by atoms with Gasteiger partial charge in [0.25, 0.3) is 0 Å². The van der Waals surface area contributed by atoms with Crippen molar-refractivity contribution in [3.05, 3.63) is 90.5 Å². The van der Waals surface area contributed by atoms with Crippen molar-refractivity contribution in [1.29, 1.82) is 0 Å². The third-order valence-corrected chi connectivity index (χ3v) is 8.81. The SMILES string of the molecule is CCCn1c(P(c2ccccc2)c2ccccc2)c(C2=N[C@@H](C(C)C)CO2)c2ccccc21. The Morgan fingerprint density at radius 2 is 1.52 bits per heavy atom. The lowest BCUT2D eigenvalue weighted by molar-refractivity contribution is 0.292. The molecule has 0 bridgehead atoms. The van der Waals surface area contributed by atoms with E-state index in [2.05, 4.69) is 110 Å². The number of nitrogens with zero attached hydrogens (tertiary/aromatic N) is 2. The summed E-state index contributed by atoms with van der Waals surface area (Å²) in [5.41, 5.74) is 3.79. The molecule has 0 saturated heterocycles. The number of aryl methyl sites for hydroxylation is 1. The average Bonchev–Trinajstić information content (AvgIpc) is 3.45. The fraction of sp³-hybridized carbons (Fsp3) is 0.276. The highest BCUT2D eigenvalue weighted by atomic mass is 31.1. The van der Waals surface area contributed by atoms with Crippen molar-refractivity contribution in [2.24, 2.45) is 10.9 Å². The Hall–Kier alpha value is -2.90. The Morgan fingerprint density at radius 3 is 2.09 bits per heavy atom. The molecule has 5 rings (SSSR count). The van der Waals surface area contributed by atoms with Crippen LogP contribution in [0.2, 0.25) is 0 Å². The van der Waals surface area contributed by atoms with Gasteiger partial charge in [-0.2, -0.15) is 0 Å². The van der Waals surface area contributed by atoms with Crippen molar-refractivity contribution >= 4 is 40.8 Å². The van der Waals surface area contributed by atoms with E-state index in [0.717, 1.165) is 18.9 Å². The van der Waals surface area contributed by atoms with Gasteiger partial charge in [-0.15, -0.1) is 0 Å². The molecule has 4 heteroatoms. The standard InChI is InChI=1S/C29H31N2OP/c1-4-19-31-26-18-12-11-17-24(26)27(28-30-25(20-32-28)21(2)3)29(31)33(22-13-7-5-8-14-22)23-15-9-6-10-16-23/h5-18,21,25H,4,19-20H2,1-3H3/t25-/m1/s1. The van der Waals surface area contributed by atoms with Crippen LogP contribution in [0.25, 0.3) is 10.9 Å². The van der Waals surface area contributed by atoms with Gasteiger partial charge in [-0.1, -0.05) is 99.6 Å². The lowest BCUT2D eigenvalue weighted by Gasteiger charge is -2.23. The van der Waals surface area contributed by atoms with Gasteiger partial charge in [0.1, 0.15) is 6.61 Å². The zero-order chi connectivity index (χ0) is 22.8. The molecule has 0 spiro atoms. The van der Waals surface area contributed by atoms with Crippen molar-refractivity contribution in [2.75, 3.05) is 6.61 Å². The first-order valence-corrected chi connectivity index (χ1v) is 13.3. The molecule has 168 valence electrons. The molecule has 0 amide bonds. The molecule has 0 saturated carbocycles. The second-order valence-electron chi connectivity index (χ2n) is 8.93.